The molecule has 1 aromatic carbocycles. The van der Waals surface area contributed by atoms with Gasteiger partial charge in [0.1, 0.15) is 4.88 Å². The largest absolute Gasteiger partial charge is 0.451 e. The zero-order chi connectivity index (χ0) is 15.5. The third-order valence-electron chi connectivity index (χ3n) is 3.41. The minimum absolute atomic E-state index is 0.214. The fraction of sp³-hybridized carbons (Fsp3) is 0.333. The second-order valence-corrected chi connectivity index (χ2v) is 6.24. The molecule has 3 rings (SSSR count). The Hall–Kier alpha value is -1.63. The summed E-state index contributed by atoms with van der Waals surface area (Å²) in [5.41, 5.74) is 0. The number of benzene rings is 1. The highest BCUT2D eigenvalue weighted by molar-refractivity contribution is 7.21. The van der Waals surface area contributed by atoms with Crippen LogP contribution in [0.15, 0.2) is 24.3 Å². The van der Waals surface area contributed by atoms with Crippen molar-refractivity contribution in [2.45, 2.75) is 0 Å². The van der Waals surface area contributed by atoms with E-state index in [1.54, 1.807) is 4.90 Å². The molecule has 1 aromatic heterocycles. The molecule has 2 heterocycles. The van der Waals surface area contributed by atoms with Gasteiger partial charge in [-0.15, -0.1) is 11.3 Å². The second-order valence-electron chi connectivity index (χ2n) is 4.81. The van der Waals surface area contributed by atoms with Gasteiger partial charge in [0.15, 0.2) is 6.61 Å². The summed E-state index contributed by atoms with van der Waals surface area (Å²) in [6.45, 7) is 1.81. The lowest BCUT2D eigenvalue weighted by molar-refractivity contribution is -0.138. The molecule has 0 atom stereocenters. The number of morpholine rings is 1. The van der Waals surface area contributed by atoms with Gasteiger partial charge in [0.25, 0.3) is 5.91 Å². The monoisotopic (exact) mass is 339 g/mol. The summed E-state index contributed by atoms with van der Waals surface area (Å²) in [7, 11) is 0. The summed E-state index contributed by atoms with van der Waals surface area (Å²) in [5, 5.41) is 1.20. The van der Waals surface area contributed by atoms with Crippen molar-refractivity contribution in [1.29, 1.82) is 0 Å². The summed E-state index contributed by atoms with van der Waals surface area (Å²) in [5.74, 6) is -0.776. The van der Waals surface area contributed by atoms with E-state index in [1.165, 1.54) is 11.3 Å². The first-order valence-corrected chi connectivity index (χ1v) is 8.06. The van der Waals surface area contributed by atoms with Gasteiger partial charge in [-0.3, -0.25) is 4.79 Å². The van der Waals surface area contributed by atoms with Gasteiger partial charge in [-0.25, -0.2) is 4.79 Å². The molecule has 22 heavy (non-hydrogen) atoms. The number of ether oxygens (including phenoxy) is 2. The summed E-state index contributed by atoms with van der Waals surface area (Å²) in [4.78, 5) is 26.0. The van der Waals surface area contributed by atoms with Crippen molar-refractivity contribution >= 4 is 44.9 Å². The van der Waals surface area contributed by atoms with Crippen molar-refractivity contribution in [1.82, 2.24) is 4.90 Å². The maximum Gasteiger partial charge on any atom is 0.350 e. The predicted octanol–water partition coefficient (Wildman–Crippen LogP) is 2.57. The molecule has 2 aromatic rings. The number of nitrogens with zero attached hydrogens (tertiary/aromatic N) is 1. The summed E-state index contributed by atoms with van der Waals surface area (Å²) in [6, 6.07) is 7.48. The van der Waals surface area contributed by atoms with Crippen LogP contribution in [0.25, 0.3) is 10.1 Å². The minimum atomic E-state index is -0.562. The van der Waals surface area contributed by atoms with E-state index in [-0.39, 0.29) is 12.5 Å². The molecule has 1 aliphatic heterocycles. The topological polar surface area (TPSA) is 55.8 Å². The normalized spacial score (nSPS) is 15.0. The molecule has 5 nitrogen and oxygen atoms in total. The molecule has 0 bridgehead atoms. The molecule has 0 aliphatic carbocycles. The Balaban J connectivity index is 1.66. The number of amides is 1. The first kappa shape index (κ1) is 15.3. The molecule has 1 fully saturated rings. The highest BCUT2D eigenvalue weighted by Gasteiger charge is 2.22. The lowest BCUT2D eigenvalue weighted by Gasteiger charge is -2.26. The molecule has 0 unspecified atom stereocenters. The van der Waals surface area contributed by atoms with Crippen molar-refractivity contribution < 1.29 is 19.1 Å². The molecular weight excluding hydrogens is 326 g/mol. The number of carbonyl (C=O) groups excluding carboxylic acids is 2. The number of thiophene rings is 1. The highest BCUT2D eigenvalue weighted by atomic mass is 35.5. The Morgan fingerprint density at radius 1 is 1.27 bits per heavy atom. The number of halogens is 1. The van der Waals surface area contributed by atoms with E-state index < -0.39 is 5.97 Å². The van der Waals surface area contributed by atoms with E-state index in [2.05, 4.69) is 0 Å². The minimum Gasteiger partial charge on any atom is -0.451 e. The van der Waals surface area contributed by atoms with Crippen molar-refractivity contribution in [3.05, 3.63) is 34.2 Å². The average molecular weight is 340 g/mol. The van der Waals surface area contributed by atoms with E-state index in [0.717, 1.165) is 10.1 Å². The zero-order valence-corrected chi connectivity index (χ0v) is 13.3. The van der Waals surface area contributed by atoms with Gasteiger partial charge < -0.3 is 14.4 Å². The van der Waals surface area contributed by atoms with E-state index in [4.69, 9.17) is 21.1 Å². The van der Waals surface area contributed by atoms with E-state index in [1.807, 2.05) is 24.3 Å². The van der Waals surface area contributed by atoms with Gasteiger partial charge in [-0.2, -0.15) is 0 Å². The van der Waals surface area contributed by atoms with Gasteiger partial charge in [0, 0.05) is 23.2 Å². The third-order valence-corrected chi connectivity index (χ3v) is 5.07. The van der Waals surface area contributed by atoms with Crippen molar-refractivity contribution in [3.8, 4) is 0 Å². The molecular formula is C15H14ClNO4S. The van der Waals surface area contributed by atoms with Crippen LogP contribution >= 0.6 is 22.9 Å². The maximum atomic E-state index is 12.1. The Labute approximate surface area is 136 Å². The Morgan fingerprint density at radius 3 is 2.73 bits per heavy atom. The lowest BCUT2D eigenvalue weighted by Crippen LogP contribution is -2.42. The molecule has 7 heteroatoms. The first-order valence-electron chi connectivity index (χ1n) is 6.86. The third kappa shape index (κ3) is 3.09. The molecule has 1 aliphatic rings. The highest BCUT2D eigenvalue weighted by Crippen LogP contribution is 2.35. The molecule has 0 N–H and O–H groups in total. The smallest absolute Gasteiger partial charge is 0.350 e. The second kappa shape index (κ2) is 6.64. The van der Waals surface area contributed by atoms with Gasteiger partial charge in [-0.1, -0.05) is 29.8 Å². The fourth-order valence-corrected chi connectivity index (χ4v) is 3.64. The van der Waals surface area contributed by atoms with Crippen LogP contribution in [0.5, 0.6) is 0 Å². The van der Waals surface area contributed by atoms with E-state index in [0.29, 0.717) is 36.2 Å². The lowest BCUT2D eigenvalue weighted by atomic mass is 10.2. The fourth-order valence-electron chi connectivity index (χ4n) is 2.24. The van der Waals surface area contributed by atoms with Gasteiger partial charge in [-0.05, 0) is 6.07 Å². The maximum absolute atomic E-state index is 12.1. The van der Waals surface area contributed by atoms with Crippen LogP contribution in [0.2, 0.25) is 5.02 Å². The van der Waals surface area contributed by atoms with Crippen LogP contribution in [0.1, 0.15) is 9.67 Å². The van der Waals surface area contributed by atoms with Crippen molar-refractivity contribution in [2.75, 3.05) is 32.9 Å². The number of hydrogen-bond donors (Lipinski definition) is 0. The molecule has 1 saturated heterocycles. The number of hydrogen-bond acceptors (Lipinski definition) is 5. The van der Waals surface area contributed by atoms with Crippen LogP contribution in [0, 0.1) is 0 Å². The number of carbonyl (C=O) groups is 2. The van der Waals surface area contributed by atoms with E-state index in [9.17, 15) is 9.59 Å². The van der Waals surface area contributed by atoms with Gasteiger partial charge in [0.2, 0.25) is 0 Å². The standard InChI is InChI=1S/C15H14ClNO4S/c16-13-10-3-1-2-4-11(10)22-14(13)15(19)21-9-12(18)17-5-7-20-8-6-17/h1-4H,5-9H2. The Bertz CT molecular complexity index is 709. The predicted molar refractivity (Wildman–Crippen MR) is 84.5 cm³/mol. The summed E-state index contributed by atoms with van der Waals surface area (Å²) >= 11 is 7.48. The van der Waals surface area contributed by atoms with E-state index >= 15 is 0 Å². The van der Waals surface area contributed by atoms with Crippen LogP contribution in [0.3, 0.4) is 0 Å². The molecule has 0 saturated carbocycles. The van der Waals surface area contributed by atoms with Crippen LogP contribution < -0.4 is 0 Å². The average Bonchev–Trinajstić information content (AvgIpc) is 2.90. The van der Waals surface area contributed by atoms with Crippen LogP contribution in [-0.2, 0) is 14.3 Å². The molecule has 116 valence electrons. The van der Waals surface area contributed by atoms with Gasteiger partial charge in [0.05, 0.1) is 18.2 Å². The van der Waals surface area contributed by atoms with Crippen LogP contribution in [-0.4, -0.2) is 49.7 Å². The quantitative estimate of drug-likeness (QED) is 0.806. The summed E-state index contributed by atoms with van der Waals surface area (Å²) in [6.07, 6.45) is 0. The number of fused-ring (bicyclic) bond motifs is 1. The SMILES string of the molecule is O=C(OCC(=O)N1CCOCC1)c1sc2ccccc2c1Cl. The molecule has 1 amide bonds. The van der Waals surface area contributed by atoms with Gasteiger partial charge >= 0.3 is 5.97 Å². The van der Waals surface area contributed by atoms with Crippen LogP contribution in [0.4, 0.5) is 0 Å². The van der Waals surface area contributed by atoms with Crippen molar-refractivity contribution in [2.24, 2.45) is 0 Å². The number of esters is 1. The first-order chi connectivity index (χ1) is 10.7. The zero-order valence-electron chi connectivity index (χ0n) is 11.7. The molecule has 0 spiro atoms. The number of rotatable bonds is 3. The van der Waals surface area contributed by atoms with Crippen molar-refractivity contribution in [3.63, 3.8) is 0 Å². The molecule has 0 radical (unpaired) electrons. The Morgan fingerprint density at radius 2 is 2.00 bits per heavy atom. The Kier molecular flexibility index (Phi) is 4.61. The summed E-state index contributed by atoms with van der Waals surface area (Å²) < 4.78 is 11.2.